The van der Waals surface area contributed by atoms with Gasteiger partial charge in [0.25, 0.3) is 0 Å². The van der Waals surface area contributed by atoms with Gasteiger partial charge >= 0.3 is 6.03 Å². The number of nitrogens with two attached hydrogens (primary N) is 2. The van der Waals surface area contributed by atoms with Gasteiger partial charge in [0, 0.05) is 37.6 Å². The Hall–Kier alpha value is -2.87. The van der Waals surface area contributed by atoms with Crippen molar-refractivity contribution in [3.8, 4) is 11.5 Å². The zero-order chi connectivity index (χ0) is 17.5. The van der Waals surface area contributed by atoms with Crippen molar-refractivity contribution in [3.63, 3.8) is 0 Å². The third-order valence-corrected chi connectivity index (χ3v) is 3.19. The molecular formula is C16H20FN5O2. The van der Waals surface area contributed by atoms with E-state index in [0.29, 0.717) is 36.8 Å². The summed E-state index contributed by atoms with van der Waals surface area (Å²) in [7, 11) is 1.66. The number of amides is 2. The normalized spacial score (nSPS) is 10.3. The second-order valence-corrected chi connectivity index (χ2v) is 5.16. The van der Waals surface area contributed by atoms with Crippen LogP contribution in [0.2, 0.25) is 0 Å². The Morgan fingerprint density at radius 2 is 2.17 bits per heavy atom. The molecule has 0 saturated carbocycles. The minimum atomic E-state index is -0.570. The van der Waals surface area contributed by atoms with Gasteiger partial charge in [-0.3, -0.25) is 5.32 Å². The van der Waals surface area contributed by atoms with Crippen LogP contribution in [0.3, 0.4) is 0 Å². The van der Waals surface area contributed by atoms with Crippen molar-refractivity contribution in [1.82, 2.24) is 9.88 Å². The maximum Gasteiger partial charge on any atom is 0.322 e. The molecule has 2 aromatic rings. The number of ether oxygens (including phenoxy) is 1. The number of carbonyl (C=O) groups is 1. The van der Waals surface area contributed by atoms with Crippen molar-refractivity contribution in [2.75, 3.05) is 31.2 Å². The summed E-state index contributed by atoms with van der Waals surface area (Å²) in [6, 6.07) is 6.89. The average molecular weight is 333 g/mol. The van der Waals surface area contributed by atoms with Crippen molar-refractivity contribution in [3.05, 3.63) is 42.3 Å². The van der Waals surface area contributed by atoms with Crippen molar-refractivity contribution in [1.29, 1.82) is 0 Å². The second kappa shape index (κ2) is 8.11. The minimum Gasteiger partial charge on any atom is -0.454 e. The number of nitrogens with one attached hydrogen (secondary N) is 1. The number of carbonyl (C=O) groups excluding carboxylic acids is 1. The Kier molecular flexibility index (Phi) is 5.91. The predicted molar refractivity (Wildman–Crippen MR) is 90.4 cm³/mol. The molecule has 0 saturated heterocycles. The number of benzene rings is 1. The molecule has 0 bridgehead atoms. The molecule has 0 aliphatic heterocycles. The van der Waals surface area contributed by atoms with Crippen LogP contribution in [0.15, 0.2) is 36.5 Å². The summed E-state index contributed by atoms with van der Waals surface area (Å²) in [5.41, 5.74) is 11.2. The van der Waals surface area contributed by atoms with Crippen LogP contribution >= 0.6 is 0 Å². The summed E-state index contributed by atoms with van der Waals surface area (Å²) in [5, 5.41) is 2.64. The van der Waals surface area contributed by atoms with Crippen LogP contribution in [-0.4, -0.2) is 36.1 Å². The Balaban J connectivity index is 2.04. The van der Waals surface area contributed by atoms with Gasteiger partial charge in [0.05, 0.1) is 0 Å². The number of rotatable bonds is 6. The number of aromatic nitrogens is 1. The number of urea groups is 1. The van der Waals surface area contributed by atoms with E-state index in [2.05, 4.69) is 10.3 Å². The van der Waals surface area contributed by atoms with Crippen LogP contribution in [0.25, 0.3) is 0 Å². The van der Waals surface area contributed by atoms with Crippen molar-refractivity contribution in [2.24, 2.45) is 5.73 Å². The number of hydrogen-bond acceptors (Lipinski definition) is 5. The van der Waals surface area contributed by atoms with E-state index in [-0.39, 0.29) is 11.8 Å². The van der Waals surface area contributed by atoms with Crippen molar-refractivity contribution >= 4 is 17.5 Å². The highest BCUT2D eigenvalue weighted by atomic mass is 19.1. The van der Waals surface area contributed by atoms with Crippen LogP contribution in [0.1, 0.15) is 6.42 Å². The van der Waals surface area contributed by atoms with Gasteiger partial charge in [0.2, 0.25) is 0 Å². The molecule has 24 heavy (non-hydrogen) atoms. The highest BCUT2D eigenvalue weighted by Crippen LogP contribution is 2.26. The molecule has 1 aromatic carbocycles. The van der Waals surface area contributed by atoms with Crippen LogP contribution in [0.5, 0.6) is 11.5 Å². The molecule has 2 rings (SSSR count). The fraction of sp³-hybridized carbons (Fsp3) is 0.250. The lowest BCUT2D eigenvalue weighted by Gasteiger charge is -2.17. The van der Waals surface area contributed by atoms with E-state index in [1.807, 2.05) is 0 Å². The third kappa shape index (κ3) is 4.82. The number of pyridine rings is 1. The standard InChI is InChI=1S/C16H20FN5O2/c1-22(8-2-6-18)16(23)21-15-10-12(5-7-20-15)24-14-4-3-11(19)9-13(14)17/h3-5,7,9-10H,2,6,8,18-19H2,1H3,(H,20,21,23). The van der Waals surface area contributed by atoms with E-state index < -0.39 is 5.82 Å². The van der Waals surface area contributed by atoms with Crippen molar-refractivity contribution < 1.29 is 13.9 Å². The number of nitrogen functional groups attached to an aromatic ring is 1. The number of halogens is 1. The Morgan fingerprint density at radius 1 is 1.38 bits per heavy atom. The van der Waals surface area contributed by atoms with E-state index in [9.17, 15) is 9.18 Å². The zero-order valence-corrected chi connectivity index (χ0v) is 13.3. The summed E-state index contributed by atoms with van der Waals surface area (Å²) >= 11 is 0. The van der Waals surface area contributed by atoms with Crippen LogP contribution < -0.4 is 21.5 Å². The van der Waals surface area contributed by atoms with Gasteiger partial charge in [-0.2, -0.15) is 0 Å². The van der Waals surface area contributed by atoms with Crippen LogP contribution in [0.4, 0.5) is 20.7 Å². The molecule has 1 heterocycles. The fourth-order valence-corrected chi connectivity index (χ4v) is 1.90. The van der Waals surface area contributed by atoms with Gasteiger partial charge in [-0.1, -0.05) is 0 Å². The molecule has 0 fully saturated rings. The largest absolute Gasteiger partial charge is 0.454 e. The summed E-state index contributed by atoms with van der Waals surface area (Å²) in [5.74, 6) is 0.105. The van der Waals surface area contributed by atoms with Crippen molar-refractivity contribution in [2.45, 2.75) is 6.42 Å². The lowest BCUT2D eigenvalue weighted by atomic mass is 10.3. The molecular weight excluding hydrogens is 313 g/mol. The van der Waals surface area contributed by atoms with Gasteiger partial charge in [0.1, 0.15) is 11.6 Å². The smallest absolute Gasteiger partial charge is 0.322 e. The molecule has 2 amide bonds. The first kappa shape index (κ1) is 17.5. The monoisotopic (exact) mass is 333 g/mol. The molecule has 8 heteroatoms. The maximum absolute atomic E-state index is 13.8. The second-order valence-electron chi connectivity index (χ2n) is 5.16. The number of hydrogen-bond donors (Lipinski definition) is 3. The quantitative estimate of drug-likeness (QED) is 0.704. The lowest BCUT2D eigenvalue weighted by Crippen LogP contribution is -2.33. The van der Waals surface area contributed by atoms with Gasteiger partial charge < -0.3 is 21.1 Å². The molecule has 0 aliphatic carbocycles. The van der Waals surface area contributed by atoms with Crippen LogP contribution in [-0.2, 0) is 0 Å². The molecule has 0 atom stereocenters. The first-order valence-corrected chi connectivity index (χ1v) is 7.40. The third-order valence-electron chi connectivity index (χ3n) is 3.19. The minimum absolute atomic E-state index is 0.0349. The van der Waals surface area contributed by atoms with E-state index in [4.69, 9.17) is 16.2 Å². The molecule has 0 aliphatic rings. The molecule has 0 unspecified atom stereocenters. The topological polar surface area (TPSA) is 106 Å². The first-order valence-electron chi connectivity index (χ1n) is 7.40. The van der Waals surface area contributed by atoms with Gasteiger partial charge in [-0.15, -0.1) is 0 Å². The van der Waals surface area contributed by atoms with E-state index in [1.165, 1.54) is 35.4 Å². The average Bonchev–Trinajstić information content (AvgIpc) is 2.55. The van der Waals surface area contributed by atoms with E-state index in [1.54, 1.807) is 13.1 Å². The predicted octanol–water partition coefficient (Wildman–Crippen LogP) is 2.41. The van der Waals surface area contributed by atoms with Gasteiger partial charge in [0.15, 0.2) is 11.6 Å². The highest BCUT2D eigenvalue weighted by molar-refractivity contribution is 5.88. The summed E-state index contributed by atoms with van der Waals surface area (Å²) in [6.07, 6.45) is 2.16. The first-order chi connectivity index (χ1) is 11.5. The number of nitrogens with zero attached hydrogens (tertiary/aromatic N) is 2. The molecule has 128 valence electrons. The molecule has 0 spiro atoms. The number of anilines is 2. The summed E-state index contributed by atoms with van der Waals surface area (Å²) in [6.45, 7) is 1.04. The fourth-order valence-electron chi connectivity index (χ4n) is 1.90. The van der Waals surface area contributed by atoms with Crippen LogP contribution in [0, 0.1) is 5.82 Å². The zero-order valence-electron chi connectivity index (χ0n) is 13.3. The van der Waals surface area contributed by atoms with E-state index >= 15 is 0 Å². The summed E-state index contributed by atoms with van der Waals surface area (Å²) in [4.78, 5) is 17.5. The molecule has 5 N–H and O–H groups in total. The Labute approximate surface area is 139 Å². The molecule has 1 aromatic heterocycles. The highest BCUT2D eigenvalue weighted by Gasteiger charge is 2.10. The SMILES string of the molecule is CN(CCCN)C(=O)Nc1cc(Oc2ccc(N)cc2F)ccn1. The van der Waals surface area contributed by atoms with Gasteiger partial charge in [-0.25, -0.2) is 14.2 Å². The maximum atomic E-state index is 13.8. The molecule has 0 radical (unpaired) electrons. The Morgan fingerprint density at radius 3 is 2.88 bits per heavy atom. The lowest BCUT2D eigenvalue weighted by molar-refractivity contribution is 0.222. The van der Waals surface area contributed by atoms with Gasteiger partial charge in [-0.05, 0) is 31.2 Å². The Bertz CT molecular complexity index is 711. The van der Waals surface area contributed by atoms with E-state index in [0.717, 1.165) is 0 Å². The molecule has 7 nitrogen and oxygen atoms in total. The summed E-state index contributed by atoms with van der Waals surface area (Å²) < 4.78 is 19.2.